The van der Waals surface area contributed by atoms with Gasteiger partial charge in [0.2, 0.25) is 0 Å². The third-order valence-corrected chi connectivity index (χ3v) is 5.33. The zero-order valence-electron chi connectivity index (χ0n) is 13.2. The lowest BCUT2D eigenvalue weighted by atomic mass is 9.91. The first-order valence-electron chi connectivity index (χ1n) is 7.86. The number of aromatic nitrogens is 1. The Kier molecular flexibility index (Phi) is 4.41. The molecule has 0 fully saturated rings. The summed E-state index contributed by atoms with van der Waals surface area (Å²) < 4.78 is 0. The monoisotopic (exact) mass is 300 g/mol. The van der Waals surface area contributed by atoms with Crippen LogP contribution in [0.25, 0.3) is 0 Å². The molecule has 3 heteroatoms. The molecule has 112 valence electrons. The number of fused-ring (bicyclic) bond motifs is 1. The van der Waals surface area contributed by atoms with Crippen LogP contribution in [0.5, 0.6) is 0 Å². The van der Waals surface area contributed by atoms with Gasteiger partial charge in [-0.1, -0.05) is 29.3 Å². The smallest absolute Gasteiger partial charge is 0.0975 e. The Bertz CT molecular complexity index is 610. The van der Waals surface area contributed by atoms with E-state index in [9.17, 15) is 0 Å². The van der Waals surface area contributed by atoms with Gasteiger partial charge in [-0.25, -0.2) is 4.98 Å². The van der Waals surface area contributed by atoms with Crippen LogP contribution in [-0.4, -0.2) is 18.6 Å². The zero-order chi connectivity index (χ0) is 14.8. The molecule has 0 aliphatic heterocycles. The van der Waals surface area contributed by atoms with Crippen LogP contribution >= 0.6 is 11.3 Å². The van der Waals surface area contributed by atoms with Crippen LogP contribution in [0.4, 0.5) is 0 Å². The number of nitrogens with one attached hydrogen (secondary N) is 1. The van der Waals surface area contributed by atoms with Crippen molar-refractivity contribution in [2.45, 2.75) is 45.4 Å². The maximum Gasteiger partial charge on any atom is 0.0975 e. The van der Waals surface area contributed by atoms with E-state index in [1.54, 1.807) is 0 Å². The van der Waals surface area contributed by atoms with Gasteiger partial charge in [0, 0.05) is 23.8 Å². The van der Waals surface area contributed by atoms with E-state index in [0.717, 1.165) is 13.0 Å². The number of aryl methyl sites for hydroxylation is 3. The van der Waals surface area contributed by atoms with Gasteiger partial charge < -0.3 is 5.32 Å². The van der Waals surface area contributed by atoms with E-state index in [1.165, 1.54) is 51.5 Å². The van der Waals surface area contributed by atoms with Gasteiger partial charge in [0.1, 0.15) is 0 Å². The molecule has 0 spiro atoms. The molecule has 0 saturated carbocycles. The first-order valence-corrected chi connectivity index (χ1v) is 8.67. The number of hydrogen-bond donors (Lipinski definition) is 1. The molecule has 0 saturated heterocycles. The minimum Gasteiger partial charge on any atom is -0.319 e. The van der Waals surface area contributed by atoms with Crippen molar-refractivity contribution >= 4 is 11.3 Å². The Labute approximate surface area is 131 Å². The summed E-state index contributed by atoms with van der Waals surface area (Å²) in [6, 6.07) is 6.82. The van der Waals surface area contributed by atoms with Gasteiger partial charge in [0.25, 0.3) is 0 Å². The fraction of sp³-hybridized carbons (Fsp3) is 0.500. The summed E-state index contributed by atoms with van der Waals surface area (Å²) in [5, 5.41) is 4.60. The molecule has 0 radical (unpaired) electrons. The summed E-state index contributed by atoms with van der Waals surface area (Å²) >= 11 is 1.93. The summed E-state index contributed by atoms with van der Waals surface area (Å²) in [5.41, 5.74) is 5.46. The molecule has 1 N–H and O–H groups in total. The van der Waals surface area contributed by atoms with Gasteiger partial charge in [-0.15, -0.1) is 11.3 Å². The van der Waals surface area contributed by atoms with E-state index in [0.29, 0.717) is 5.92 Å². The minimum atomic E-state index is 0.614. The first kappa shape index (κ1) is 14.7. The molecule has 0 amide bonds. The number of likely N-dealkylation sites (N-methyl/N-ethyl adjacent to an activating group) is 1. The Balaban J connectivity index is 1.84. The second-order valence-corrected chi connectivity index (χ2v) is 7.40. The van der Waals surface area contributed by atoms with Gasteiger partial charge in [-0.2, -0.15) is 0 Å². The normalized spacial score (nSPS) is 17.8. The third-order valence-electron chi connectivity index (χ3n) is 4.20. The van der Waals surface area contributed by atoms with Gasteiger partial charge in [-0.3, -0.25) is 0 Å². The van der Waals surface area contributed by atoms with Crippen LogP contribution in [0, 0.1) is 13.8 Å². The predicted octanol–water partition coefficient (Wildman–Crippen LogP) is 3.99. The van der Waals surface area contributed by atoms with Crippen molar-refractivity contribution in [3.05, 3.63) is 50.5 Å². The predicted molar refractivity (Wildman–Crippen MR) is 90.4 cm³/mol. The van der Waals surface area contributed by atoms with Crippen molar-refractivity contribution in [3.63, 3.8) is 0 Å². The largest absolute Gasteiger partial charge is 0.319 e. The van der Waals surface area contributed by atoms with Gasteiger partial charge in [0.05, 0.1) is 10.7 Å². The van der Waals surface area contributed by atoms with E-state index in [1.807, 2.05) is 18.4 Å². The Morgan fingerprint density at radius 3 is 2.71 bits per heavy atom. The van der Waals surface area contributed by atoms with Crippen molar-refractivity contribution in [2.24, 2.45) is 0 Å². The van der Waals surface area contributed by atoms with Crippen LogP contribution in [0.1, 0.15) is 51.0 Å². The highest BCUT2D eigenvalue weighted by atomic mass is 32.1. The van der Waals surface area contributed by atoms with E-state index in [4.69, 9.17) is 4.98 Å². The topological polar surface area (TPSA) is 24.9 Å². The zero-order valence-corrected chi connectivity index (χ0v) is 14.0. The molecular formula is C18H24N2S. The molecular weight excluding hydrogens is 276 g/mol. The molecule has 2 nitrogen and oxygen atoms in total. The molecule has 2 aromatic rings. The van der Waals surface area contributed by atoms with Crippen molar-refractivity contribution in [3.8, 4) is 0 Å². The van der Waals surface area contributed by atoms with Crippen molar-refractivity contribution < 1.29 is 0 Å². The summed E-state index contributed by atoms with van der Waals surface area (Å²) in [5.74, 6) is 0.614. The summed E-state index contributed by atoms with van der Waals surface area (Å²) in [7, 11) is 2.04. The summed E-state index contributed by atoms with van der Waals surface area (Å²) in [4.78, 5) is 6.51. The lowest BCUT2D eigenvalue weighted by Gasteiger charge is -2.20. The highest BCUT2D eigenvalue weighted by molar-refractivity contribution is 7.11. The van der Waals surface area contributed by atoms with Crippen LogP contribution in [0.2, 0.25) is 0 Å². The van der Waals surface area contributed by atoms with Crippen molar-refractivity contribution in [1.82, 2.24) is 10.3 Å². The lowest BCUT2D eigenvalue weighted by molar-refractivity contribution is 0.522. The van der Waals surface area contributed by atoms with Gasteiger partial charge in [0.15, 0.2) is 0 Å². The quantitative estimate of drug-likeness (QED) is 0.923. The minimum absolute atomic E-state index is 0.614. The fourth-order valence-electron chi connectivity index (χ4n) is 3.42. The van der Waals surface area contributed by atoms with Gasteiger partial charge in [-0.05, 0) is 45.7 Å². The van der Waals surface area contributed by atoms with Crippen molar-refractivity contribution in [2.75, 3.05) is 13.6 Å². The van der Waals surface area contributed by atoms with Crippen LogP contribution in [-0.2, 0) is 12.8 Å². The van der Waals surface area contributed by atoms with E-state index in [-0.39, 0.29) is 0 Å². The van der Waals surface area contributed by atoms with E-state index < -0.39 is 0 Å². The maximum absolute atomic E-state index is 4.98. The van der Waals surface area contributed by atoms with Crippen LogP contribution in [0.3, 0.4) is 0 Å². The fourth-order valence-corrected chi connectivity index (χ4v) is 4.65. The SMILES string of the molecule is CNCC1CCCc2sc(Cc3cc(C)cc(C)c3)nc21. The van der Waals surface area contributed by atoms with Gasteiger partial charge >= 0.3 is 0 Å². The Morgan fingerprint density at radius 1 is 1.24 bits per heavy atom. The Hall–Kier alpha value is -1.19. The number of thiazole rings is 1. The molecule has 21 heavy (non-hydrogen) atoms. The highest BCUT2D eigenvalue weighted by Gasteiger charge is 2.24. The second kappa shape index (κ2) is 6.29. The molecule has 1 aromatic carbocycles. The highest BCUT2D eigenvalue weighted by Crippen LogP contribution is 2.35. The summed E-state index contributed by atoms with van der Waals surface area (Å²) in [6.07, 6.45) is 4.79. The number of hydrogen-bond acceptors (Lipinski definition) is 3. The number of benzene rings is 1. The molecule has 1 unspecified atom stereocenters. The maximum atomic E-state index is 4.98. The molecule has 1 aliphatic carbocycles. The van der Waals surface area contributed by atoms with Crippen LogP contribution in [0.15, 0.2) is 18.2 Å². The van der Waals surface area contributed by atoms with E-state index in [2.05, 4.69) is 37.4 Å². The lowest BCUT2D eigenvalue weighted by Crippen LogP contribution is -2.21. The second-order valence-electron chi connectivity index (χ2n) is 6.24. The average Bonchev–Trinajstić information content (AvgIpc) is 2.81. The standard InChI is InChI=1S/C18H24N2S/c1-12-7-13(2)9-14(8-12)10-17-20-18-15(11-19-3)5-4-6-16(18)21-17/h7-9,15,19H,4-6,10-11H2,1-3H3. The molecule has 1 aromatic heterocycles. The Morgan fingerprint density at radius 2 is 2.00 bits per heavy atom. The number of rotatable bonds is 4. The number of nitrogens with zero attached hydrogens (tertiary/aromatic N) is 1. The van der Waals surface area contributed by atoms with E-state index >= 15 is 0 Å². The molecule has 3 rings (SSSR count). The molecule has 1 heterocycles. The third kappa shape index (κ3) is 3.35. The summed E-state index contributed by atoms with van der Waals surface area (Å²) in [6.45, 7) is 5.40. The van der Waals surface area contributed by atoms with Crippen molar-refractivity contribution in [1.29, 1.82) is 0 Å². The first-order chi connectivity index (χ1) is 10.2. The molecule has 0 bridgehead atoms. The average molecular weight is 300 g/mol. The molecule has 1 atom stereocenters. The molecule has 1 aliphatic rings. The van der Waals surface area contributed by atoms with Crippen LogP contribution < -0.4 is 5.32 Å².